The van der Waals surface area contributed by atoms with E-state index < -0.39 is 12.1 Å². The Morgan fingerprint density at radius 2 is 2.16 bits per heavy atom. The molecule has 130 valence electrons. The number of hydrogen-bond donors (Lipinski definition) is 1. The van der Waals surface area contributed by atoms with Crippen molar-refractivity contribution in [1.82, 2.24) is 5.32 Å². The van der Waals surface area contributed by atoms with Gasteiger partial charge < -0.3 is 19.5 Å². The molecule has 25 heavy (non-hydrogen) atoms. The molecule has 1 aliphatic heterocycles. The molecule has 0 aliphatic carbocycles. The zero-order chi connectivity index (χ0) is 17.6. The molecule has 1 aromatic heterocycles. The first-order valence-corrected chi connectivity index (χ1v) is 8.58. The SMILES string of the molecule is C[C@@H](OC(=O)/C=C/c1cccs1)C(=O)NCc1ccc2c(c1)OCO2. The Bertz CT molecular complexity index is 785. The lowest BCUT2D eigenvalue weighted by Gasteiger charge is -2.12. The van der Waals surface area contributed by atoms with Crippen LogP contribution in [0.25, 0.3) is 6.08 Å². The highest BCUT2D eigenvalue weighted by molar-refractivity contribution is 7.10. The van der Waals surface area contributed by atoms with Crippen LogP contribution in [0.15, 0.2) is 41.8 Å². The van der Waals surface area contributed by atoms with E-state index in [0.717, 1.165) is 10.4 Å². The van der Waals surface area contributed by atoms with E-state index in [4.69, 9.17) is 14.2 Å². The van der Waals surface area contributed by atoms with E-state index in [1.54, 1.807) is 12.1 Å². The second-order valence-electron chi connectivity index (χ2n) is 5.33. The summed E-state index contributed by atoms with van der Waals surface area (Å²) in [4.78, 5) is 24.7. The minimum Gasteiger partial charge on any atom is -0.454 e. The summed E-state index contributed by atoms with van der Waals surface area (Å²) in [6.45, 7) is 2.05. The predicted octanol–water partition coefficient (Wildman–Crippen LogP) is 2.74. The molecule has 1 atom stereocenters. The van der Waals surface area contributed by atoms with Gasteiger partial charge in [0.15, 0.2) is 17.6 Å². The molecule has 6 nitrogen and oxygen atoms in total. The normalized spacial score (nSPS) is 13.6. The highest BCUT2D eigenvalue weighted by Crippen LogP contribution is 2.32. The maximum atomic E-state index is 12.1. The molecule has 0 spiro atoms. The van der Waals surface area contributed by atoms with E-state index >= 15 is 0 Å². The van der Waals surface area contributed by atoms with Crippen LogP contribution in [-0.2, 0) is 20.9 Å². The van der Waals surface area contributed by atoms with Crippen molar-refractivity contribution >= 4 is 29.3 Å². The lowest BCUT2D eigenvalue weighted by atomic mass is 10.2. The Labute approximate surface area is 149 Å². The molecular formula is C18H17NO5S. The average Bonchev–Trinajstić information content (AvgIpc) is 3.28. The third-order valence-corrected chi connectivity index (χ3v) is 4.33. The van der Waals surface area contributed by atoms with Crippen molar-refractivity contribution in [1.29, 1.82) is 0 Å². The molecule has 0 fully saturated rings. The molecule has 0 radical (unpaired) electrons. The molecule has 0 saturated heterocycles. The van der Waals surface area contributed by atoms with Crippen molar-refractivity contribution in [2.45, 2.75) is 19.6 Å². The van der Waals surface area contributed by atoms with Crippen LogP contribution >= 0.6 is 11.3 Å². The molecule has 0 saturated carbocycles. The standard InChI is InChI=1S/C18H17NO5S/c1-12(24-17(20)7-5-14-3-2-8-25-14)18(21)19-10-13-4-6-15-16(9-13)23-11-22-15/h2-9,12H,10-11H2,1H3,(H,19,21)/b7-5+/t12-/m1/s1. The molecule has 2 aromatic rings. The average molecular weight is 359 g/mol. The number of carbonyl (C=O) groups excluding carboxylic acids is 2. The lowest BCUT2D eigenvalue weighted by Crippen LogP contribution is -2.35. The highest BCUT2D eigenvalue weighted by Gasteiger charge is 2.17. The van der Waals surface area contributed by atoms with E-state index in [0.29, 0.717) is 18.0 Å². The van der Waals surface area contributed by atoms with Crippen molar-refractivity contribution in [3.8, 4) is 11.5 Å². The van der Waals surface area contributed by atoms with Gasteiger partial charge in [-0.05, 0) is 42.1 Å². The molecule has 2 heterocycles. The minimum absolute atomic E-state index is 0.205. The van der Waals surface area contributed by atoms with E-state index in [-0.39, 0.29) is 12.7 Å². The van der Waals surface area contributed by atoms with Crippen LogP contribution in [0, 0.1) is 0 Å². The molecule has 1 amide bonds. The molecule has 0 unspecified atom stereocenters. The van der Waals surface area contributed by atoms with E-state index in [1.165, 1.54) is 24.3 Å². The highest BCUT2D eigenvalue weighted by atomic mass is 32.1. The first-order chi connectivity index (χ1) is 12.1. The quantitative estimate of drug-likeness (QED) is 0.634. The minimum atomic E-state index is -0.880. The maximum Gasteiger partial charge on any atom is 0.331 e. The van der Waals surface area contributed by atoms with Gasteiger partial charge in [-0.2, -0.15) is 0 Å². The van der Waals surface area contributed by atoms with Crippen molar-refractivity contribution < 1.29 is 23.8 Å². The van der Waals surface area contributed by atoms with Gasteiger partial charge in [-0.1, -0.05) is 12.1 Å². The molecule has 1 aromatic carbocycles. The van der Waals surface area contributed by atoms with Crippen LogP contribution in [0.2, 0.25) is 0 Å². The van der Waals surface area contributed by atoms with Crippen LogP contribution in [0.1, 0.15) is 17.4 Å². The van der Waals surface area contributed by atoms with Gasteiger partial charge in [0.2, 0.25) is 6.79 Å². The number of fused-ring (bicyclic) bond motifs is 1. The van der Waals surface area contributed by atoms with E-state index in [2.05, 4.69) is 5.32 Å². The van der Waals surface area contributed by atoms with E-state index in [9.17, 15) is 9.59 Å². The Balaban J connectivity index is 1.46. The summed E-state index contributed by atoms with van der Waals surface area (Å²) in [5, 5.41) is 4.64. The summed E-state index contributed by atoms with van der Waals surface area (Å²) in [7, 11) is 0. The number of thiophene rings is 1. The van der Waals surface area contributed by atoms with Crippen LogP contribution in [0.3, 0.4) is 0 Å². The summed E-state index contributed by atoms with van der Waals surface area (Å²) < 4.78 is 15.6. The van der Waals surface area contributed by atoms with Crippen molar-refractivity contribution in [3.63, 3.8) is 0 Å². The number of amides is 1. The smallest absolute Gasteiger partial charge is 0.331 e. The van der Waals surface area contributed by atoms with Gasteiger partial charge in [-0.15, -0.1) is 11.3 Å². The second-order valence-corrected chi connectivity index (χ2v) is 6.31. The Morgan fingerprint density at radius 1 is 1.32 bits per heavy atom. The zero-order valence-electron chi connectivity index (χ0n) is 13.6. The van der Waals surface area contributed by atoms with Gasteiger partial charge in [0.05, 0.1) is 0 Å². The summed E-state index contributed by atoms with van der Waals surface area (Å²) in [5.41, 5.74) is 0.869. The van der Waals surface area contributed by atoms with Gasteiger partial charge in [0, 0.05) is 17.5 Å². The number of rotatable bonds is 6. The third kappa shape index (κ3) is 4.60. The predicted molar refractivity (Wildman–Crippen MR) is 93.3 cm³/mol. The first-order valence-electron chi connectivity index (χ1n) is 7.70. The van der Waals surface area contributed by atoms with Gasteiger partial charge in [-0.25, -0.2) is 4.79 Å². The zero-order valence-corrected chi connectivity index (χ0v) is 14.4. The van der Waals surface area contributed by atoms with Crippen LogP contribution < -0.4 is 14.8 Å². The van der Waals surface area contributed by atoms with Crippen molar-refractivity contribution in [2.24, 2.45) is 0 Å². The number of esters is 1. The topological polar surface area (TPSA) is 73.9 Å². The fourth-order valence-corrected chi connectivity index (χ4v) is 2.81. The van der Waals surface area contributed by atoms with Gasteiger partial charge in [0.1, 0.15) is 0 Å². The summed E-state index contributed by atoms with van der Waals surface area (Å²) in [6, 6.07) is 9.22. The molecule has 0 bridgehead atoms. The Hall–Kier alpha value is -2.80. The molecule has 7 heteroatoms. The fraction of sp³-hybridized carbons (Fsp3) is 0.222. The summed E-state index contributed by atoms with van der Waals surface area (Å²) >= 11 is 1.51. The second kappa shape index (κ2) is 7.85. The third-order valence-electron chi connectivity index (χ3n) is 3.49. The van der Waals surface area contributed by atoms with Crippen molar-refractivity contribution in [2.75, 3.05) is 6.79 Å². The van der Waals surface area contributed by atoms with E-state index in [1.807, 2.05) is 29.6 Å². The number of hydrogen-bond acceptors (Lipinski definition) is 6. The number of carbonyl (C=O) groups is 2. The van der Waals surface area contributed by atoms with Crippen LogP contribution in [-0.4, -0.2) is 24.8 Å². The molecule has 3 rings (SSSR count). The maximum absolute atomic E-state index is 12.1. The van der Waals surface area contributed by atoms with Gasteiger partial charge in [-0.3, -0.25) is 4.79 Å². The molecule has 1 aliphatic rings. The molecular weight excluding hydrogens is 342 g/mol. The number of benzene rings is 1. The fourth-order valence-electron chi connectivity index (χ4n) is 2.19. The Morgan fingerprint density at radius 3 is 2.96 bits per heavy atom. The first kappa shape index (κ1) is 17.0. The summed E-state index contributed by atoms with van der Waals surface area (Å²) in [6.07, 6.45) is 2.09. The molecule has 1 N–H and O–H groups in total. The van der Waals surface area contributed by atoms with Crippen LogP contribution in [0.5, 0.6) is 11.5 Å². The lowest BCUT2D eigenvalue weighted by molar-refractivity contribution is -0.150. The monoisotopic (exact) mass is 359 g/mol. The number of ether oxygens (including phenoxy) is 3. The van der Waals surface area contributed by atoms with Crippen molar-refractivity contribution in [3.05, 3.63) is 52.2 Å². The Kier molecular flexibility index (Phi) is 5.35. The summed E-state index contributed by atoms with van der Waals surface area (Å²) in [5.74, 6) is 0.425. The van der Waals surface area contributed by atoms with Gasteiger partial charge in [0.25, 0.3) is 5.91 Å². The largest absolute Gasteiger partial charge is 0.454 e. The van der Waals surface area contributed by atoms with Gasteiger partial charge >= 0.3 is 5.97 Å². The van der Waals surface area contributed by atoms with Crippen LogP contribution in [0.4, 0.5) is 0 Å². The number of nitrogens with one attached hydrogen (secondary N) is 1.